The summed E-state index contributed by atoms with van der Waals surface area (Å²) in [5.41, 5.74) is 5.20. The second-order valence-electron chi connectivity index (χ2n) is 14.1. The van der Waals surface area contributed by atoms with Crippen LogP contribution >= 0.6 is 11.3 Å². The number of rotatable bonds is 14. The van der Waals surface area contributed by atoms with Gasteiger partial charge in [-0.05, 0) is 86.4 Å². The molecule has 0 radical (unpaired) electrons. The molecule has 54 heavy (non-hydrogen) atoms. The van der Waals surface area contributed by atoms with Gasteiger partial charge < -0.3 is 10.0 Å². The van der Waals surface area contributed by atoms with E-state index >= 15 is 0 Å². The predicted octanol–water partition coefficient (Wildman–Crippen LogP) is 6.57. The summed E-state index contributed by atoms with van der Waals surface area (Å²) in [5.74, 6) is -1.37. The number of aliphatic carboxylic acids is 1. The van der Waals surface area contributed by atoms with Crippen LogP contribution in [0.15, 0.2) is 60.8 Å². The topological polar surface area (TPSA) is 176 Å². The summed E-state index contributed by atoms with van der Waals surface area (Å²) in [4.78, 5) is 49.8. The Morgan fingerprint density at radius 2 is 1.76 bits per heavy atom. The molecular formula is C39H43N7O6S2. The third-order valence-corrected chi connectivity index (χ3v) is 12.6. The normalized spacial score (nSPS) is 14.6. The van der Waals surface area contributed by atoms with Gasteiger partial charge in [-0.1, -0.05) is 54.9 Å². The fourth-order valence-corrected chi connectivity index (χ4v) is 9.34. The first kappa shape index (κ1) is 37.2. The molecule has 2 aromatic carbocycles. The minimum atomic E-state index is -4.05. The van der Waals surface area contributed by atoms with E-state index < -0.39 is 21.9 Å². The average molecular weight is 770 g/mol. The number of aromatic nitrogens is 4. The molecule has 0 unspecified atom stereocenters. The number of hydrogen-bond acceptors (Lipinski definition) is 10. The Morgan fingerprint density at radius 1 is 0.944 bits per heavy atom. The first-order valence-corrected chi connectivity index (χ1v) is 20.8. The van der Waals surface area contributed by atoms with Crippen LogP contribution in [-0.2, 0) is 34.3 Å². The zero-order valence-corrected chi connectivity index (χ0v) is 31.7. The highest BCUT2D eigenvalue weighted by molar-refractivity contribution is 7.90. The average Bonchev–Trinajstić information content (AvgIpc) is 3.91. The van der Waals surface area contributed by atoms with Crippen molar-refractivity contribution in [3.8, 4) is 11.1 Å². The highest BCUT2D eigenvalue weighted by Gasteiger charge is 2.28. The van der Waals surface area contributed by atoms with E-state index in [0.717, 1.165) is 46.4 Å². The molecule has 3 aromatic heterocycles. The number of nitrogens with one attached hydrogen (secondary N) is 2. The van der Waals surface area contributed by atoms with Gasteiger partial charge in [0.25, 0.3) is 11.8 Å². The molecule has 0 saturated heterocycles. The van der Waals surface area contributed by atoms with E-state index in [4.69, 9.17) is 10.1 Å². The maximum atomic E-state index is 13.9. The van der Waals surface area contributed by atoms with Crippen LogP contribution in [0.1, 0.15) is 89.0 Å². The van der Waals surface area contributed by atoms with Gasteiger partial charge in [-0.15, -0.1) is 0 Å². The van der Waals surface area contributed by atoms with Crippen molar-refractivity contribution in [2.45, 2.75) is 77.8 Å². The monoisotopic (exact) mass is 769 g/mol. The minimum Gasteiger partial charge on any atom is -0.481 e. The van der Waals surface area contributed by atoms with Crippen molar-refractivity contribution in [3.63, 3.8) is 0 Å². The Hall–Kier alpha value is -5.15. The summed E-state index contributed by atoms with van der Waals surface area (Å²) in [6, 6.07) is 17.0. The smallest absolute Gasteiger partial charge is 0.303 e. The van der Waals surface area contributed by atoms with Gasteiger partial charge in [-0.25, -0.2) is 23.1 Å². The Morgan fingerprint density at radius 3 is 2.56 bits per heavy atom. The van der Waals surface area contributed by atoms with Gasteiger partial charge in [-0.2, -0.15) is 5.10 Å². The predicted molar refractivity (Wildman–Crippen MR) is 208 cm³/mol. The summed E-state index contributed by atoms with van der Waals surface area (Å²) in [5, 5.41) is 17.0. The van der Waals surface area contributed by atoms with E-state index in [-0.39, 0.29) is 30.2 Å². The van der Waals surface area contributed by atoms with Crippen molar-refractivity contribution >= 4 is 60.3 Å². The maximum absolute atomic E-state index is 13.9. The van der Waals surface area contributed by atoms with E-state index in [1.807, 2.05) is 59.0 Å². The second kappa shape index (κ2) is 16.1. The number of sulfonamides is 1. The molecule has 4 heterocycles. The van der Waals surface area contributed by atoms with E-state index in [1.54, 1.807) is 18.3 Å². The van der Waals surface area contributed by atoms with Crippen molar-refractivity contribution in [1.29, 1.82) is 0 Å². The molecule has 15 heteroatoms. The van der Waals surface area contributed by atoms with Crippen LogP contribution < -0.4 is 14.9 Å². The summed E-state index contributed by atoms with van der Waals surface area (Å²) < 4.78 is 31.3. The number of benzene rings is 2. The quantitative estimate of drug-likeness (QED) is 0.105. The molecule has 0 spiro atoms. The van der Waals surface area contributed by atoms with E-state index in [1.165, 1.54) is 24.2 Å². The molecule has 0 bridgehead atoms. The fraction of sp³-hybridized carbons (Fsp3) is 0.385. The standard InChI is InChI=1S/C39H43N7O6S2/c1-25-30(22-40-46(25)23-26-10-4-5-11-26)28-17-18-34(42-36(28)38(50)44-54(51,52)21-8-2-3-16-35(47)48)45-20-19-27-12-9-13-29(31(27)24-45)37(49)43-39-41-32-14-6-7-15-33(32)53-39/h6-7,9,12-15,17-18,22,26H,2-5,8,10-11,16,19-21,23-24H2,1H3,(H,44,50)(H,47,48)(H,41,43,49). The molecule has 1 fully saturated rings. The van der Waals surface area contributed by atoms with Crippen LogP contribution in [0.2, 0.25) is 0 Å². The van der Waals surface area contributed by atoms with Crippen LogP contribution in [0.5, 0.6) is 0 Å². The molecule has 5 aromatic rings. The lowest BCUT2D eigenvalue weighted by atomic mass is 9.94. The van der Waals surface area contributed by atoms with E-state index in [0.29, 0.717) is 65.9 Å². The molecule has 2 amide bonds. The number of thiazole rings is 1. The lowest BCUT2D eigenvalue weighted by Crippen LogP contribution is -2.35. The highest BCUT2D eigenvalue weighted by Crippen LogP contribution is 2.33. The van der Waals surface area contributed by atoms with Crippen molar-refractivity contribution in [3.05, 3.63) is 88.9 Å². The number of amides is 2. The van der Waals surface area contributed by atoms with Gasteiger partial charge in [0.2, 0.25) is 10.0 Å². The molecule has 2 aliphatic rings. The number of fused-ring (bicyclic) bond motifs is 2. The molecule has 13 nitrogen and oxygen atoms in total. The number of pyridine rings is 1. The van der Waals surface area contributed by atoms with Crippen molar-refractivity contribution in [1.82, 2.24) is 24.5 Å². The number of nitrogens with zero attached hydrogens (tertiary/aromatic N) is 5. The minimum absolute atomic E-state index is 0.0434. The van der Waals surface area contributed by atoms with Gasteiger partial charge in [0, 0.05) is 48.4 Å². The van der Waals surface area contributed by atoms with Crippen molar-refractivity contribution in [2.24, 2.45) is 5.92 Å². The number of carbonyl (C=O) groups excluding carboxylic acids is 2. The third kappa shape index (κ3) is 8.47. The number of carboxylic acids is 1. The van der Waals surface area contributed by atoms with Gasteiger partial charge in [0.1, 0.15) is 11.5 Å². The molecule has 1 aliphatic carbocycles. The fourth-order valence-electron chi connectivity index (χ4n) is 7.41. The molecule has 1 aliphatic heterocycles. The molecule has 3 N–H and O–H groups in total. The largest absolute Gasteiger partial charge is 0.481 e. The Balaban J connectivity index is 1.16. The number of hydrogen-bond donors (Lipinski definition) is 3. The summed E-state index contributed by atoms with van der Waals surface area (Å²) in [6.45, 7) is 3.63. The molecule has 0 atom stereocenters. The van der Waals surface area contributed by atoms with E-state index in [2.05, 4.69) is 20.1 Å². The first-order valence-electron chi connectivity index (χ1n) is 18.4. The zero-order chi connectivity index (χ0) is 37.8. The van der Waals surface area contributed by atoms with Gasteiger partial charge >= 0.3 is 5.97 Å². The highest BCUT2D eigenvalue weighted by atomic mass is 32.2. The number of unbranched alkanes of at least 4 members (excludes halogenated alkanes) is 2. The van der Waals surface area contributed by atoms with Gasteiger partial charge in [0.15, 0.2) is 5.13 Å². The lowest BCUT2D eigenvalue weighted by molar-refractivity contribution is -0.137. The van der Waals surface area contributed by atoms with Gasteiger partial charge in [-0.3, -0.25) is 24.4 Å². The lowest BCUT2D eigenvalue weighted by Gasteiger charge is -2.31. The SMILES string of the molecule is Cc1c(-c2ccc(N3CCc4cccc(C(=O)Nc5nc6ccccc6s5)c4C3)nc2C(=O)NS(=O)(=O)CCCCCC(=O)O)cnn1CC1CCCC1. The van der Waals surface area contributed by atoms with Crippen LogP contribution in [0.3, 0.4) is 0 Å². The number of para-hydroxylation sites is 1. The van der Waals surface area contributed by atoms with Gasteiger partial charge in [0.05, 0.1) is 22.2 Å². The number of carboxylic acid groups (broad SMARTS) is 1. The van der Waals surface area contributed by atoms with Crippen LogP contribution in [-0.4, -0.2) is 63.4 Å². The Labute approximate surface area is 317 Å². The number of carbonyl (C=O) groups is 3. The Kier molecular flexibility index (Phi) is 11.1. The summed E-state index contributed by atoms with van der Waals surface area (Å²) in [6.07, 6.45) is 7.97. The summed E-state index contributed by atoms with van der Waals surface area (Å²) in [7, 11) is -4.05. The molecular weight excluding hydrogens is 727 g/mol. The van der Waals surface area contributed by atoms with Crippen LogP contribution in [0, 0.1) is 12.8 Å². The number of anilines is 2. The first-order chi connectivity index (χ1) is 26.0. The molecule has 1 saturated carbocycles. The van der Waals surface area contributed by atoms with E-state index in [9.17, 15) is 22.8 Å². The maximum Gasteiger partial charge on any atom is 0.303 e. The molecule has 7 rings (SSSR count). The second-order valence-corrected chi connectivity index (χ2v) is 16.9. The Bertz CT molecular complexity index is 2280. The van der Waals surface area contributed by atoms with Crippen molar-refractivity contribution in [2.75, 3.05) is 22.5 Å². The molecule has 282 valence electrons. The zero-order valence-electron chi connectivity index (χ0n) is 30.1. The third-order valence-electron chi connectivity index (χ3n) is 10.3. The summed E-state index contributed by atoms with van der Waals surface area (Å²) >= 11 is 1.41. The van der Waals surface area contributed by atoms with Crippen LogP contribution in [0.4, 0.5) is 10.9 Å². The van der Waals surface area contributed by atoms with Crippen molar-refractivity contribution < 1.29 is 27.9 Å². The van der Waals surface area contributed by atoms with Crippen LogP contribution in [0.25, 0.3) is 21.3 Å².